The second-order valence-corrected chi connectivity index (χ2v) is 4.78. The van der Waals surface area contributed by atoms with Gasteiger partial charge in [-0.2, -0.15) is 5.10 Å². The van der Waals surface area contributed by atoms with E-state index in [4.69, 9.17) is 0 Å². The van der Waals surface area contributed by atoms with E-state index in [0.717, 1.165) is 18.9 Å². The van der Waals surface area contributed by atoms with Gasteiger partial charge in [0.25, 0.3) is 5.91 Å². The molecule has 1 aliphatic rings. The Kier molecular flexibility index (Phi) is 4.14. The summed E-state index contributed by atoms with van der Waals surface area (Å²) in [5, 5.41) is 9.33. The number of hydrogen-bond donors (Lipinski definition) is 2. The molecule has 1 saturated heterocycles. The largest absolute Gasteiger partial charge is 0.352 e. The Hall–Kier alpha value is -1.36. The molecule has 0 radical (unpaired) electrons. The number of piperidine rings is 1. The molecule has 0 unspecified atom stereocenters. The lowest BCUT2D eigenvalue weighted by atomic mass is 9.94. The van der Waals surface area contributed by atoms with Crippen molar-refractivity contribution in [1.82, 2.24) is 20.4 Å². The number of hydrogen-bond acceptors (Lipinski definition) is 3. The summed E-state index contributed by atoms with van der Waals surface area (Å²) in [6.07, 6.45) is 6.74. The Morgan fingerprint density at radius 2 is 2.35 bits per heavy atom. The summed E-state index contributed by atoms with van der Waals surface area (Å²) < 4.78 is 0. The Morgan fingerprint density at radius 3 is 3.00 bits per heavy atom. The zero-order chi connectivity index (χ0) is 12.1. The van der Waals surface area contributed by atoms with Gasteiger partial charge < -0.3 is 10.2 Å². The molecule has 0 aromatic carbocycles. The smallest absolute Gasteiger partial charge is 0.254 e. The fourth-order valence-electron chi connectivity index (χ4n) is 2.22. The number of nitrogens with one attached hydrogen (secondary N) is 2. The van der Waals surface area contributed by atoms with Crippen molar-refractivity contribution in [3.05, 3.63) is 18.0 Å². The first kappa shape index (κ1) is 12.1. The summed E-state index contributed by atoms with van der Waals surface area (Å²) in [5.74, 6) is 0.725. The van der Waals surface area contributed by atoms with Gasteiger partial charge in [0, 0.05) is 12.7 Å². The summed E-state index contributed by atoms with van der Waals surface area (Å²) in [4.78, 5) is 14.0. The van der Waals surface area contributed by atoms with E-state index in [-0.39, 0.29) is 5.91 Å². The van der Waals surface area contributed by atoms with E-state index in [9.17, 15) is 4.79 Å². The van der Waals surface area contributed by atoms with Crippen molar-refractivity contribution in [1.29, 1.82) is 0 Å². The zero-order valence-corrected chi connectivity index (χ0v) is 10.3. The van der Waals surface area contributed by atoms with Crippen molar-refractivity contribution < 1.29 is 4.79 Å². The quantitative estimate of drug-likeness (QED) is 0.815. The summed E-state index contributed by atoms with van der Waals surface area (Å²) in [6.45, 7) is 3.12. The van der Waals surface area contributed by atoms with Crippen LogP contribution in [0.2, 0.25) is 0 Å². The molecule has 1 fully saturated rings. The van der Waals surface area contributed by atoms with E-state index >= 15 is 0 Å². The van der Waals surface area contributed by atoms with E-state index in [1.165, 1.54) is 25.9 Å². The third kappa shape index (κ3) is 3.56. The third-order valence-corrected chi connectivity index (χ3v) is 3.44. The molecule has 94 valence electrons. The number of likely N-dealkylation sites (tertiary alicyclic amines) is 1. The number of H-pyrrole nitrogens is 1. The van der Waals surface area contributed by atoms with Crippen LogP contribution >= 0.6 is 0 Å². The van der Waals surface area contributed by atoms with E-state index in [2.05, 4.69) is 27.5 Å². The highest BCUT2D eigenvalue weighted by molar-refractivity contribution is 5.93. The van der Waals surface area contributed by atoms with Gasteiger partial charge >= 0.3 is 0 Å². The number of carbonyl (C=O) groups is 1. The molecule has 5 heteroatoms. The first-order chi connectivity index (χ1) is 8.25. The summed E-state index contributed by atoms with van der Waals surface area (Å²) in [6, 6.07) is 0. The van der Waals surface area contributed by atoms with Crippen LogP contribution in [0, 0.1) is 5.92 Å². The maximum absolute atomic E-state index is 11.6. The van der Waals surface area contributed by atoms with Crippen LogP contribution < -0.4 is 5.32 Å². The van der Waals surface area contributed by atoms with Crippen molar-refractivity contribution in [3.63, 3.8) is 0 Å². The number of amides is 1. The number of carbonyl (C=O) groups excluding carboxylic acids is 1. The molecule has 2 N–H and O–H groups in total. The first-order valence-corrected chi connectivity index (χ1v) is 6.21. The molecular formula is C12H20N4O. The van der Waals surface area contributed by atoms with Crippen LogP contribution in [0.4, 0.5) is 0 Å². The predicted molar refractivity (Wildman–Crippen MR) is 65.8 cm³/mol. The maximum Gasteiger partial charge on any atom is 0.254 e. The molecule has 2 rings (SSSR count). The minimum Gasteiger partial charge on any atom is -0.352 e. The third-order valence-electron chi connectivity index (χ3n) is 3.44. The van der Waals surface area contributed by atoms with Gasteiger partial charge in [-0.15, -0.1) is 0 Å². The summed E-state index contributed by atoms with van der Waals surface area (Å²) in [7, 11) is 2.16. The highest BCUT2D eigenvalue weighted by atomic mass is 16.1. The van der Waals surface area contributed by atoms with Crippen molar-refractivity contribution in [2.75, 3.05) is 26.7 Å². The van der Waals surface area contributed by atoms with Gasteiger partial charge in [-0.05, 0) is 45.3 Å². The minimum atomic E-state index is -0.0355. The maximum atomic E-state index is 11.6. The minimum absolute atomic E-state index is 0.0355. The Bertz CT molecular complexity index is 341. The van der Waals surface area contributed by atoms with Gasteiger partial charge in [0.2, 0.25) is 0 Å². The average Bonchev–Trinajstić information content (AvgIpc) is 2.85. The molecule has 0 spiro atoms. The number of rotatable bonds is 4. The molecule has 1 aromatic heterocycles. The second-order valence-electron chi connectivity index (χ2n) is 4.78. The van der Waals surface area contributed by atoms with Gasteiger partial charge in [0.15, 0.2) is 0 Å². The normalized spacial score (nSPS) is 18.2. The zero-order valence-electron chi connectivity index (χ0n) is 10.3. The standard InChI is InChI=1S/C12H20N4O/c1-16-6-3-10(4-7-16)2-5-13-12(17)11-8-14-15-9-11/h8-10H,2-7H2,1H3,(H,13,17)(H,14,15). The monoisotopic (exact) mass is 236 g/mol. The molecule has 0 bridgehead atoms. The van der Waals surface area contributed by atoms with E-state index in [1.54, 1.807) is 12.4 Å². The lowest BCUT2D eigenvalue weighted by Crippen LogP contribution is -2.32. The molecule has 2 heterocycles. The van der Waals surface area contributed by atoms with Crippen LogP contribution in [0.25, 0.3) is 0 Å². The van der Waals surface area contributed by atoms with Crippen molar-refractivity contribution >= 4 is 5.91 Å². The van der Waals surface area contributed by atoms with Crippen molar-refractivity contribution in [3.8, 4) is 0 Å². The molecule has 0 aliphatic carbocycles. The van der Waals surface area contributed by atoms with Crippen molar-refractivity contribution in [2.45, 2.75) is 19.3 Å². The van der Waals surface area contributed by atoms with Crippen LogP contribution in [0.1, 0.15) is 29.6 Å². The molecule has 5 nitrogen and oxygen atoms in total. The lowest BCUT2D eigenvalue weighted by Gasteiger charge is -2.28. The summed E-state index contributed by atoms with van der Waals surface area (Å²) in [5.41, 5.74) is 0.605. The van der Waals surface area contributed by atoms with E-state index < -0.39 is 0 Å². The highest BCUT2D eigenvalue weighted by Gasteiger charge is 2.16. The SMILES string of the molecule is CN1CCC(CCNC(=O)c2cn[nH]c2)CC1. The molecular weight excluding hydrogens is 216 g/mol. The van der Waals surface area contributed by atoms with Gasteiger partial charge in [0.1, 0.15) is 0 Å². The van der Waals surface area contributed by atoms with Crippen LogP contribution in [0.3, 0.4) is 0 Å². The molecule has 1 amide bonds. The van der Waals surface area contributed by atoms with Gasteiger partial charge in [0.05, 0.1) is 11.8 Å². The summed E-state index contributed by atoms with van der Waals surface area (Å²) >= 11 is 0. The van der Waals surface area contributed by atoms with Crippen LogP contribution in [0.15, 0.2) is 12.4 Å². The predicted octanol–water partition coefficient (Wildman–Crippen LogP) is 0.871. The van der Waals surface area contributed by atoms with Crippen molar-refractivity contribution in [2.24, 2.45) is 5.92 Å². The van der Waals surface area contributed by atoms with Crippen LogP contribution in [-0.2, 0) is 0 Å². The second kappa shape index (κ2) is 5.82. The Labute approximate surface area is 102 Å². The molecule has 17 heavy (non-hydrogen) atoms. The number of aromatic amines is 1. The molecule has 0 atom stereocenters. The number of aromatic nitrogens is 2. The topological polar surface area (TPSA) is 61.0 Å². The van der Waals surface area contributed by atoms with E-state index in [0.29, 0.717) is 5.56 Å². The highest BCUT2D eigenvalue weighted by Crippen LogP contribution is 2.18. The lowest BCUT2D eigenvalue weighted by molar-refractivity contribution is 0.0949. The van der Waals surface area contributed by atoms with Gasteiger partial charge in [-0.3, -0.25) is 9.89 Å². The molecule has 1 aliphatic heterocycles. The number of nitrogens with zero attached hydrogens (tertiary/aromatic N) is 2. The fraction of sp³-hybridized carbons (Fsp3) is 0.667. The molecule has 1 aromatic rings. The molecule has 0 saturated carbocycles. The Morgan fingerprint density at radius 1 is 1.59 bits per heavy atom. The van der Waals surface area contributed by atoms with Crippen LogP contribution in [-0.4, -0.2) is 47.7 Å². The van der Waals surface area contributed by atoms with Crippen LogP contribution in [0.5, 0.6) is 0 Å². The average molecular weight is 236 g/mol. The fourth-order valence-corrected chi connectivity index (χ4v) is 2.22. The van der Waals surface area contributed by atoms with E-state index in [1.807, 2.05) is 0 Å². The first-order valence-electron chi connectivity index (χ1n) is 6.21. The van der Waals surface area contributed by atoms with Gasteiger partial charge in [-0.25, -0.2) is 0 Å². The van der Waals surface area contributed by atoms with Gasteiger partial charge in [-0.1, -0.05) is 0 Å². The Balaban J connectivity index is 1.64.